The van der Waals surface area contributed by atoms with E-state index in [9.17, 15) is 10.1 Å². The highest BCUT2D eigenvalue weighted by Crippen LogP contribution is 2.40. The van der Waals surface area contributed by atoms with Gasteiger partial charge < -0.3 is 4.74 Å². The van der Waals surface area contributed by atoms with Gasteiger partial charge in [0.1, 0.15) is 11.9 Å². The van der Waals surface area contributed by atoms with Gasteiger partial charge in [0, 0.05) is 18.7 Å². The van der Waals surface area contributed by atoms with Crippen LogP contribution in [0.2, 0.25) is 0 Å². The van der Waals surface area contributed by atoms with Crippen molar-refractivity contribution in [2.45, 2.75) is 12.5 Å². The summed E-state index contributed by atoms with van der Waals surface area (Å²) in [5.74, 6) is 0.583. The highest BCUT2D eigenvalue weighted by Gasteiger charge is 2.31. The van der Waals surface area contributed by atoms with Crippen LogP contribution < -0.4 is 4.74 Å². The summed E-state index contributed by atoms with van der Waals surface area (Å²) in [7, 11) is 0. The summed E-state index contributed by atoms with van der Waals surface area (Å²) in [5, 5.41) is 10.9. The van der Waals surface area contributed by atoms with Crippen molar-refractivity contribution in [2.75, 3.05) is 0 Å². The molecule has 90 valence electrons. The SMILES string of the molecule is O=[N+]([O-])c1cccc2c1CC(c1ccccn1)O2. The van der Waals surface area contributed by atoms with Gasteiger partial charge in [0.25, 0.3) is 5.69 Å². The maximum Gasteiger partial charge on any atom is 0.276 e. The molecule has 0 amide bonds. The molecule has 1 aromatic heterocycles. The normalized spacial score (nSPS) is 17.0. The van der Waals surface area contributed by atoms with Crippen LogP contribution in [-0.2, 0) is 6.42 Å². The minimum atomic E-state index is -0.372. The van der Waals surface area contributed by atoms with Crippen molar-refractivity contribution in [3.05, 3.63) is 64.0 Å². The third kappa shape index (κ3) is 1.69. The summed E-state index contributed by atoms with van der Waals surface area (Å²) < 4.78 is 5.72. The molecule has 2 aromatic rings. The van der Waals surface area contributed by atoms with Gasteiger partial charge in [-0.15, -0.1) is 0 Å². The average Bonchev–Trinajstić information content (AvgIpc) is 2.83. The predicted molar refractivity (Wildman–Crippen MR) is 64.4 cm³/mol. The van der Waals surface area contributed by atoms with Crippen LogP contribution in [0.3, 0.4) is 0 Å². The zero-order valence-corrected chi connectivity index (χ0v) is 9.45. The molecule has 1 aliphatic heterocycles. The lowest BCUT2D eigenvalue weighted by Gasteiger charge is -2.08. The Morgan fingerprint density at radius 1 is 1.28 bits per heavy atom. The fraction of sp³-hybridized carbons (Fsp3) is 0.154. The van der Waals surface area contributed by atoms with Crippen molar-refractivity contribution in [2.24, 2.45) is 0 Å². The fourth-order valence-corrected chi connectivity index (χ4v) is 2.15. The van der Waals surface area contributed by atoms with E-state index in [4.69, 9.17) is 4.74 Å². The Kier molecular flexibility index (Phi) is 2.44. The number of nitro benzene ring substituents is 1. The second-order valence-corrected chi connectivity index (χ2v) is 4.08. The summed E-state index contributed by atoms with van der Waals surface area (Å²) in [6, 6.07) is 10.5. The summed E-state index contributed by atoms with van der Waals surface area (Å²) in [5.41, 5.74) is 1.56. The van der Waals surface area contributed by atoms with Gasteiger partial charge in [-0.2, -0.15) is 0 Å². The molecule has 1 atom stereocenters. The molecule has 2 heterocycles. The molecular weight excluding hydrogens is 232 g/mol. The van der Waals surface area contributed by atoms with Crippen LogP contribution in [0.4, 0.5) is 5.69 Å². The van der Waals surface area contributed by atoms with Gasteiger partial charge in [-0.3, -0.25) is 15.1 Å². The van der Waals surface area contributed by atoms with Crippen LogP contribution in [0.15, 0.2) is 42.6 Å². The number of fused-ring (bicyclic) bond motifs is 1. The summed E-state index contributed by atoms with van der Waals surface area (Å²) >= 11 is 0. The molecule has 0 spiro atoms. The number of hydrogen-bond acceptors (Lipinski definition) is 4. The van der Waals surface area contributed by atoms with Gasteiger partial charge in [0.2, 0.25) is 0 Å². The largest absolute Gasteiger partial charge is 0.483 e. The lowest BCUT2D eigenvalue weighted by atomic mass is 10.1. The first-order chi connectivity index (χ1) is 8.75. The van der Waals surface area contributed by atoms with Gasteiger partial charge in [-0.1, -0.05) is 12.1 Å². The zero-order chi connectivity index (χ0) is 12.5. The van der Waals surface area contributed by atoms with E-state index < -0.39 is 0 Å². The molecule has 1 aromatic carbocycles. The quantitative estimate of drug-likeness (QED) is 0.599. The van der Waals surface area contributed by atoms with E-state index in [2.05, 4.69) is 4.98 Å². The van der Waals surface area contributed by atoms with Gasteiger partial charge in [-0.25, -0.2) is 0 Å². The van der Waals surface area contributed by atoms with E-state index in [-0.39, 0.29) is 16.7 Å². The first-order valence-electron chi connectivity index (χ1n) is 5.59. The Morgan fingerprint density at radius 2 is 2.17 bits per heavy atom. The van der Waals surface area contributed by atoms with E-state index in [1.54, 1.807) is 18.3 Å². The molecule has 1 unspecified atom stereocenters. The van der Waals surface area contributed by atoms with E-state index in [1.165, 1.54) is 6.07 Å². The summed E-state index contributed by atoms with van der Waals surface area (Å²) in [4.78, 5) is 14.8. The molecule has 5 heteroatoms. The first-order valence-corrected chi connectivity index (χ1v) is 5.59. The highest BCUT2D eigenvalue weighted by molar-refractivity contribution is 5.52. The Labute approximate surface area is 103 Å². The van der Waals surface area contributed by atoms with E-state index in [1.807, 2.05) is 18.2 Å². The summed E-state index contributed by atoms with van der Waals surface area (Å²) in [6.45, 7) is 0. The molecule has 18 heavy (non-hydrogen) atoms. The van der Waals surface area contributed by atoms with Crippen LogP contribution in [0, 0.1) is 10.1 Å². The van der Waals surface area contributed by atoms with Crippen molar-refractivity contribution in [1.29, 1.82) is 0 Å². The van der Waals surface area contributed by atoms with Crippen LogP contribution in [0.1, 0.15) is 17.4 Å². The number of benzene rings is 1. The van der Waals surface area contributed by atoms with Gasteiger partial charge in [0.05, 0.1) is 16.2 Å². The lowest BCUT2D eigenvalue weighted by molar-refractivity contribution is -0.385. The maximum atomic E-state index is 10.9. The smallest absolute Gasteiger partial charge is 0.276 e. The number of nitrogens with zero attached hydrogens (tertiary/aromatic N) is 2. The van der Waals surface area contributed by atoms with Crippen molar-refractivity contribution >= 4 is 5.69 Å². The fourth-order valence-electron chi connectivity index (χ4n) is 2.15. The van der Waals surface area contributed by atoms with Crippen molar-refractivity contribution in [3.8, 4) is 5.75 Å². The molecule has 0 bridgehead atoms. The van der Waals surface area contributed by atoms with Gasteiger partial charge in [-0.05, 0) is 18.2 Å². The highest BCUT2D eigenvalue weighted by atomic mass is 16.6. The Hall–Kier alpha value is -2.43. The summed E-state index contributed by atoms with van der Waals surface area (Å²) in [6.07, 6.45) is 1.95. The van der Waals surface area contributed by atoms with Crippen LogP contribution in [-0.4, -0.2) is 9.91 Å². The number of hydrogen-bond donors (Lipinski definition) is 0. The van der Waals surface area contributed by atoms with Crippen LogP contribution in [0.5, 0.6) is 5.75 Å². The molecule has 0 aliphatic carbocycles. The monoisotopic (exact) mass is 242 g/mol. The molecule has 0 N–H and O–H groups in total. The number of ether oxygens (including phenoxy) is 1. The molecular formula is C13H10N2O3. The van der Waals surface area contributed by atoms with Gasteiger partial charge in [0.15, 0.2) is 0 Å². The third-order valence-electron chi connectivity index (χ3n) is 2.98. The Bertz CT molecular complexity index is 598. The minimum Gasteiger partial charge on any atom is -0.483 e. The minimum absolute atomic E-state index is 0.117. The van der Waals surface area contributed by atoms with E-state index in [0.29, 0.717) is 17.7 Å². The molecule has 1 aliphatic rings. The Morgan fingerprint density at radius 3 is 2.89 bits per heavy atom. The van der Waals surface area contributed by atoms with Crippen LogP contribution in [0.25, 0.3) is 0 Å². The number of aromatic nitrogens is 1. The second-order valence-electron chi connectivity index (χ2n) is 4.08. The molecule has 3 rings (SSSR count). The molecule has 0 saturated heterocycles. The topological polar surface area (TPSA) is 65.3 Å². The van der Waals surface area contributed by atoms with E-state index >= 15 is 0 Å². The van der Waals surface area contributed by atoms with Crippen molar-refractivity contribution < 1.29 is 9.66 Å². The third-order valence-corrected chi connectivity index (χ3v) is 2.98. The molecule has 0 fully saturated rings. The van der Waals surface area contributed by atoms with Crippen molar-refractivity contribution in [1.82, 2.24) is 4.98 Å². The molecule has 5 nitrogen and oxygen atoms in total. The number of pyridine rings is 1. The second kappa shape index (κ2) is 4.10. The molecule has 0 saturated carbocycles. The maximum absolute atomic E-state index is 10.9. The predicted octanol–water partition coefficient (Wildman–Crippen LogP) is 2.67. The van der Waals surface area contributed by atoms with Gasteiger partial charge >= 0.3 is 0 Å². The van der Waals surface area contributed by atoms with Crippen molar-refractivity contribution in [3.63, 3.8) is 0 Å². The van der Waals surface area contributed by atoms with Crippen LogP contribution >= 0.6 is 0 Å². The lowest BCUT2D eigenvalue weighted by Crippen LogP contribution is -2.05. The van der Waals surface area contributed by atoms with E-state index in [0.717, 1.165) is 5.69 Å². The zero-order valence-electron chi connectivity index (χ0n) is 9.45. The Balaban J connectivity index is 1.97. The standard InChI is InChI=1S/C13H10N2O3/c16-15(17)11-5-3-6-12-9(11)8-13(18-12)10-4-1-2-7-14-10/h1-7,13H,8H2. The molecule has 0 radical (unpaired) electrons. The number of rotatable bonds is 2. The average molecular weight is 242 g/mol. The first kappa shape index (κ1) is 10.7. The number of nitro groups is 1.